The molecule has 17 heavy (non-hydrogen) atoms. The fourth-order valence-electron chi connectivity index (χ4n) is 1.81. The molecule has 4 heteroatoms. The van der Waals surface area contributed by atoms with Crippen molar-refractivity contribution < 1.29 is 0 Å². The Hall–Kier alpha value is -1.32. The van der Waals surface area contributed by atoms with Gasteiger partial charge in [0.2, 0.25) is 0 Å². The van der Waals surface area contributed by atoms with Gasteiger partial charge in [0, 0.05) is 18.7 Å². The highest BCUT2D eigenvalue weighted by Gasteiger charge is 2.14. The first-order valence-corrected chi connectivity index (χ1v) is 6.35. The van der Waals surface area contributed by atoms with Gasteiger partial charge >= 0.3 is 0 Å². The second-order valence-corrected chi connectivity index (χ2v) is 4.66. The highest BCUT2D eigenvalue weighted by Crippen LogP contribution is 2.22. The first-order valence-electron chi connectivity index (χ1n) is 6.35. The zero-order valence-corrected chi connectivity index (χ0v) is 11.6. The summed E-state index contributed by atoms with van der Waals surface area (Å²) in [6.45, 7) is 12.5. The van der Waals surface area contributed by atoms with Crippen molar-refractivity contribution in [2.24, 2.45) is 5.92 Å². The van der Waals surface area contributed by atoms with Crippen molar-refractivity contribution in [1.82, 2.24) is 9.97 Å². The van der Waals surface area contributed by atoms with Crippen LogP contribution < -0.4 is 10.6 Å². The molecule has 0 saturated carbocycles. The molecule has 0 saturated heterocycles. The Labute approximate surface area is 104 Å². The lowest BCUT2D eigenvalue weighted by Gasteiger charge is -2.27. The number of hydrogen-bond donors (Lipinski definition) is 1. The highest BCUT2D eigenvalue weighted by atomic mass is 15.2. The Bertz CT molecular complexity index is 376. The average molecular weight is 236 g/mol. The van der Waals surface area contributed by atoms with Crippen molar-refractivity contribution in [1.29, 1.82) is 0 Å². The average Bonchev–Trinajstić information content (AvgIpc) is 2.30. The van der Waals surface area contributed by atoms with E-state index in [4.69, 9.17) is 5.73 Å². The van der Waals surface area contributed by atoms with Crippen molar-refractivity contribution in [3.8, 4) is 0 Å². The van der Waals surface area contributed by atoms with Crippen LogP contribution in [0.2, 0.25) is 0 Å². The summed E-state index contributed by atoms with van der Waals surface area (Å²) >= 11 is 0. The predicted molar refractivity (Wildman–Crippen MR) is 73.3 cm³/mol. The quantitative estimate of drug-likeness (QED) is 0.853. The van der Waals surface area contributed by atoms with Gasteiger partial charge in [0.15, 0.2) is 0 Å². The SMILES string of the molecule is CCC(C)CN(CC)c1nc(C)nc(N)c1C. The van der Waals surface area contributed by atoms with E-state index in [0.29, 0.717) is 11.7 Å². The van der Waals surface area contributed by atoms with Gasteiger partial charge in [-0.2, -0.15) is 0 Å². The summed E-state index contributed by atoms with van der Waals surface area (Å²) in [5, 5.41) is 0. The summed E-state index contributed by atoms with van der Waals surface area (Å²) in [7, 11) is 0. The van der Waals surface area contributed by atoms with Crippen molar-refractivity contribution in [3.63, 3.8) is 0 Å². The zero-order chi connectivity index (χ0) is 13.0. The second-order valence-electron chi connectivity index (χ2n) is 4.66. The van der Waals surface area contributed by atoms with Crippen molar-refractivity contribution >= 4 is 11.6 Å². The third-order valence-corrected chi connectivity index (χ3v) is 3.18. The van der Waals surface area contributed by atoms with Crippen LogP contribution in [0.5, 0.6) is 0 Å². The van der Waals surface area contributed by atoms with Crippen molar-refractivity contribution in [3.05, 3.63) is 11.4 Å². The number of hydrogen-bond acceptors (Lipinski definition) is 4. The first kappa shape index (κ1) is 13.7. The number of nitrogens with zero attached hydrogens (tertiary/aromatic N) is 3. The molecule has 4 nitrogen and oxygen atoms in total. The molecule has 0 radical (unpaired) electrons. The van der Waals surface area contributed by atoms with Gasteiger partial charge in [0.25, 0.3) is 0 Å². The largest absolute Gasteiger partial charge is 0.383 e. The van der Waals surface area contributed by atoms with Crippen LogP contribution in [0.1, 0.15) is 38.6 Å². The molecule has 2 N–H and O–H groups in total. The molecule has 0 fully saturated rings. The van der Waals surface area contributed by atoms with Gasteiger partial charge in [0.1, 0.15) is 17.5 Å². The van der Waals surface area contributed by atoms with Crippen LogP contribution in [0, 0.1) is 19.8 Å². The molecule has 0 aliphatic rings. The van der Waals surface area contributed by atoms with E-state index in [-0.39, 0.29) is 0 Å². The van der Waals surface area contributed by atoms with E-state index in [2.05, 4.69) is 35.6 Å². The summed E-state index contributed by atoms with van der Waals surface area (Å²) in [6.07, 6.45) is 1.18. The van der Waals surface area contributed by atoms with E-state index < -0.39 is 0 Å². The van der Waals surface area contributed by atoms with E-state index in [0.717, 1.165) is 30.3 Å². The molecule has 0 aliphatic carbocycles. The van der Waals surface area contributed by atoms with Crippen LogP contribution in [0.4, 0.5) is 11.6 Å². The van der Waals surface area contributed by atoms with Gasteiger partial charge in [-0.3, -0.25) is 0 Å². The smallest absolute Gasteiger partial charge is 0.137 e. The molecule has 0 bridgehead atoms. The van der Waals surface area contributed by atoms with E-state index in [9.17, 15) is 0 Å². The van der Waals surface area contributed by atoms with Gasteiger partial charge in [0.05, 0.1) is 0 Å². The molecule has 1 atom stereocenters. The summed E-state index contributed by atoms with van der Waals surface area (Å²) in [6, 6.07) is 0. The number of nitrogens with two attached hydrogens (primary N) is 1. The molecule has 0 aromatic carbocycles. The van der Waals surface area contributed by atoms with E-state index >= 15 is 0 Å². The van der Waals surface area contributed by atoms with Gasteiger partial charge in [-0.15, -0.1) is 0 Å². The van der Waals surface area contributed by atoms with Gasteiger partial charge in [-0.1, -0.05) is 20.3 Å². The Balaban J connectivity index is 3.03. The lowest BCUT2D eigenvalue weighted by molar-refractivity contribution is 0.544. The molecule has 96 valence electrons. The number of anilines is 2. The zero-order valence-electron chi connectivity index (χ0n) is 11.6. The van der Waals surface area contributed by atoms with Gasteiger partial charge < -0.3 is 10.6 Å². The number of nitrogen functional groups attached to an aromatic ring is 1. The predicted octanol–water partition coefficient (Wildman–Crippen LogP) is 2.55. The molecule has 1 aromatic heterocycles. The molecular weight excluding hydrogens is 212 g/mol. The third kappa shape index (κ3) is 3.32. The van der Waals surface area contributed by atoms with Crippen LogP contribution in [-0.2, 0) is 0 Å². The maximum absolute atomic E-state index is 5.90. The summed E-state index contributed by atoms with van der Waals surface area (Å²) < 4.78 is 0. The molecule has 0 aliphatic heterocycles. The molecule has 0 spiro atoms. The molecule has 0 amide bonds. The van der Waals surface area contributed by atoms with Crippen LogP contribution >= 0.6 is 0 Å². The van der Waals surface area contributed by atoms with E-state index in [1.54, 1.807) is 0 Å². The summed E-state index contributed by atoms with van der Waals surface area (Å²) in [4.78, 5) is 11.0. The standard InChI is InChI=1S/C13H24N4/c1-6-9(3)8-17(7-2)13-10(4)12(14)15-11(5)16-13/h9H,6-8H2,1-5H3,(H2,14,15,16). The second kappa shape index (κ2) is 5.84. The summed E-state index contributed by atoms with van der Waals surface area (Å²) in [5.41, 5.74) is 6.89. The van der Waals surface area contributed by atoms with Crippen LogP contribution in [0.15, 0.2) is 0 Å². The maximum Gasteiger partial charge on any atom is 0.137 e. The van der Waals surface area contributed by atoms with Crippen LogP contribution in [0.3, 0.4) is 0 Å². The molecular formula is C13H24N4. The fourth-order valence-corrected chi connectivity index (χ4v) is 1.81. The maximum atomic E-state index is 5.90. The molecule has 1 aromatic rings. The first-order chi connectivity index (χ1) is 7.99. The fraction of sp³-hybridized carbons (Fsp3) is 0.692. The number of aromatic nitrogens is 2. The number of rotatable bonds is 5. The van der Waals surface area contributed by atoms with Gasteiger partial charge in [-0.25, -0.2) is 9.97 Å². The monoisotopic (exact) mass is 236 g/mol. The molecule has 1 unspecified atom stereocenters. The Morgan fingerprint density at radius 1 is 1.24 bits per heavy atom. The lowest BCUT2D eigenvalue weighted by atomic mass is 10.1. The Morgan fingerprint density at radius 3 is 2.41 bits per heavy atom. The van der Waals surface area contributed by atoms with Crippen LogP contribution in [0.25, 0.3) is 0 Å². The molecule has 1 heterocycles. The lowest BCUT2D eigenvalue weighted by Crippen LogP contribution is -2.30. The third-order valence-electron chi connectivity index (χ3n) is 3.18. The minimum Gasteiger partial charge on any atom is -0.383 e. The minimum absolute atomic E-state index is 0.593. The number of aryl methyl sites for hydroxylation is 1. The van der Waals surface area contributed by atoms with Crippen molar-refractivity contribution in [2.75, 3.05) is 23.7 Å². The summed E-state index contributed by atoms with van der Waals surface area (Å²) in [5.74, 6) is 2.98. The van der Waals surface area contributed by atoms with E-state index in [1.165, 1.54) is 6.42 Å². The van der Waals surface area contributed by atoms with Gasteiger partial charge in [-0.05, 0) is 26.7 Å². The van der Waals surface area contributed by atoms with Crippen LogP contribution in [-0.4, -0.2) is 23.1 Å². The highest BCUT2D eigenvalue weighted by molar-refractivity contribution is 5.56. The minimum atomic E-state index is 0.593. The normalized spacial score (nSPS) is 12.5. The van der Waals surface area contributed by atoms with Crippen molar-refractivity contribution in [2.45, 2.75) is 41.0 Å². The Morgan fingerprint density at radius 2 is 1.88 bits per heavy atom. The Kier molecular flexibility index (Phi) is 4.73. The topological polar surface area (TPSA) is 55.0 Å². The van der Waals surface area contributed by atoms with E-state index in [1.807, 2.05) is 13.8 Å². The molecule has 1 rings (SSSR count).